The van der Waals surface area contributed by atoms with E-state index in [0.29, 0.717) is 10.6 Å². The molecule has 1 fully saturated rings. The van der Waals surface area contributed by atoms with Crippen molar-refractivity contribution in [1.82, 2.24) is 9.88 Å². The molecule has 4 nitrogen and oxygen atoms in total. The molecular weight excluding hydrogens is 402 g/mol. The summed E-state index contributed by atoms with van der Waals surface area (Å²) in [4.78, 5) is 21.2. The molecule has 0 saturated carbocycles. The van der Waals surface area contributed by atoms with E-state index in [2.05, 4.69) is 44.0 Å². The molecule has 0 radical (unpaired) electrons. The number of halogens is 2. The lowest BCUT2D eigenvalue weighted by Crippen LogP contribution is -2.35. The second-order valence-electron chi connectivity index (χ2n) is 6.65. The number of piperidine rings is 1. The van der Waals surface area contributed by atoms with Crippen LogP contribution in [-0.2, 0) is 13.1 Å². The Balaban J connectivity index is 1.54. The Morgan fingerprint density at radius 2 is 1.84 bits per heavy atom. The van der Waals surface area contributed by atoms with Gasteiger partial charge in [0.1, 0.15) is 5.82 Å². The highest BCUT2D eigenvalue weighted by molar-refractivity contribution is 9.10. The van der Waals surface area contributed by atoms with Gasteiger partial charge < -0.3 is 9.80 Å². The molecule has 130 valence electrons. The van der Waals surface area contributed by atoms with Gasteiger partial charge in [0.05, 0.1) is 10.6 Å². The molecule has 1 aromatic carbocycles. The van der Waals surface area contributed by atoms with Gasteiger partial charge in [-0.1, -0.05) is 33.6 Å². The second-order valence-corrected chi connectivity index (χ2v) is 7.97. The maximum Gasteiger partial charge on any atom is 0.255 e. The maximum atomic E-state index is 12.6. The average Bonchev–Trinajstić information content (AvgIpc) is 3.04. The van der Waals surface area contributed by atoms with E-state index in [1.165, 1.54) is 17.5 Å². The molecule has 0 atom stereocenters. The Labute approximate surface area is 160 Å². The minimum atomic E-state index is 0.0364. The first-order chi connectivity index (χ1) is 12.1. The van der Waals surface area contributed by atoms with Gasteiger partial charge in [0.15, 0.2) is 0 Å². The zero-order valence-corrected chi connectivity index (χ0v) is 16.2. The van der Waals surface area contributed by atoms with Crippen LogP contribution in [0.2, 0.25) is 5.02 Å². The number of amides is 1. The number of rotatable bonds is 2. The summed E-state index contributed by atoms with van der Waals surface area (Å²) in [5.74, 6) is 0.776. The Kier molecular flexibility index (Phi) is 4.69. The van der Waals surface area contributed by atoms with Crippen molar-refractivity contribution in [3.05, 3.63) is 56.6 Å². The first-order valence-electron chi connectivity index (χ1n) is 8.59. The number of anilines is 1. The van der Waals surface area contributed by atoms with Crippen LogP contribution in [0.1, 0.15) is 40.7 Å². The molecule has 1 amide bonds. The van der Waals surface area contributed by atoms with E-state index in [-0.39, 0.29) is 5.91 Å². The van der Waals surface area contributed by atoms with Crippen LogP contribution in [0.5, 0.6) is 0 Å². The molecule has 0 bridgehead atoms. The minimum absolute atomic E-state index is 0.0364. The zero-order chi connectivity index (χ0) is 17.4. The third kappa shape index (κ3) is 3.40. The van der Waals surface area contributed by atoms with Crippen LogP contribution in [-0.4, -0.2) is 28.9 Å². The number of likely N-dealkylation sites (tertiary alicyclic amines) is 1. The standard InChI is InChI=1S/C19H19BrClN3O/c20-16-5-4-13-11-24(12-15(13)8-16)18-17(21)9-14(10-22-18)19(25)23-6-2-1-3-7-23/h4-5,8-10H,1-3,6-7,11-12H2. The lowest BCUT2D eigenvalue weighted by molar-refractivity contribution is 0.0724. The van der Waals surface area contributed by atoms with Crippen molar-refractivity contribution >= 4 is 39.3 Å². The molecule has 2 aliphatic rings. The fraction of sp³-hybridized carbons (Fsp3) is 0.368. The summed E-state index contributed by atoms with van der Waals surface area (Å²) >= 11 is 10.00. The summed E-state index contributed by atoms with van der Waals surface area (Å²) < 4.78 is 1.08. The van der Waals surface area contributed by atoms with Crippen LogP contribution in [0.4, 0.5) is 5.82 Å². The van der Waals surface area contributed by atoms with E-state index < -0.39 is 0 Å². The van der Waals surface area contributed by atoms with Crippen LogP contribution >= 0.6 is 27.5 Å². The average molecular weight is 421 g/mol. The number of carbonyl (C=O) groups excluding carboxylic acids is 1. The predicted octanol–water partition coefficient (Wildman–Crippen LogP) is 4.64. The van der Waals surface area contributed by atoms with Gasteiger partial charge in [0.2, 0.25) is 0 Å². The number of pyridine rings is 1. The smallest absolute Gasteiger partial charge is 0.255 e. The monoisotopic (exact) mass is 419 g/mol. The molecule has 0 aliphatic carbocycles. The number of hydrogen-bond donors (Lipinski definition) is 0. The number of benzene rings is 1. The molecule has 2 aliphatic heterocycles. The van der Waals surface area contributed by atoms with Crippen LogP contribution in [0.25, 0.3) is 0 Å². The predicted molar refractivity (Wildman–Crippen MR) is 103 cm³/mol. The van der Waals surface area contributed by atoms with Crippen LogP contribution in [0.15, 0.2) is 34.9 Å². The number of hydrogen-bond acceptors (Lipinski definition) is 3. The van der Waals surface area contributed by atoms with E-state index in [1.807, 2.05) is 4.90 Å². The summed E-state index contributed by atoms with van der Waals surface area (Å²) in [7, 11) is 0. The van der Waals surface area contributed by atoms with Gasteiger partial charge in [-0.15, -0.1) is 0 Å². The molecule has 25 heavy (non-hydrogen) atoms. The fourth-order valence-electron chi connectivity index (χ4n) is 3.57. The van der Waals surface area contributed by atoms with Gasteiger partial charge in [-0.25, -0.2) is 4.98 Å². The Morgan fingerprint density at radius 1 is 1.08 bits per heavy atom. The number of nitrogens with zero attached hydrogens (tertiary/aromatic N) is 3. The topological polar surface area (TPSA) is 36.4 Å². The highest BCUT2D eigenvalue weighted by Gasteiger charge is 2.24. The summed E-state index contributed by atoms with van der Waals surface area (Å²) in [5, 5.41) is 0.537. The van der Waals surface area contributed by atoms with Crippen LogP contribution in [0, 0.1) is 0 Å². The van der Waals surface area contributed by atoms with Crippen molar-refractivity contribution in [3.63, 3.8) is 0 Å². The number of fused-ring (bicyclic) bond motifs is 1. The normalized spacial score (nSPS) is 16.9. The lowest BCUT2D eigenvalue weighted by Gasteiger charge is -2.27. The number of carbonyl (C=O) groups is 1. The molecule has 1 aromatic heterocycles. The summed E-state index contributed by atoms with van der Waals surface area (Å²) in [6, 6.07) is 8.08. The van der Waals surface area contributed by atoms with Crippen molar-refractivity contribution in [2.45, 2.75) is 32.4 Å². The zero-order valence-electron chi connectivity index (χ0n) is 13.8. The van der Waals surface area contributed by atoms with Crippen molar-refractivity contribution in [3.8, 4) is 0 Å². The summed E-state index contributed by atoms with van der Waals surface area (Å²) in [5.41, 5.74) is 3.14. The van der Waals surface area contributed by atoms with Gasteiger partial charge in [-0.05, 0) is 48.6 Å². The molecular formula is C19H19BrClN3O. The van der Waals surface area contributed by atoms with Gasteiger partial charge in [-0.2, -0.15) is 0 Å². The van der Waals surface area contributed by atoms with Gasteiger partial charge >= 0.3 is 0 Å². The SMILES string of the molecule is O=C(c1cnc(N2Cc3ccc(Br)cc3C2)c(Cl)c1)N1CCCCC1. The van der Waals surface area contributed by atoms with Gasteiger partial charge in [0, 0.05) is 36.8 Å². The van der Waals surface area contributed by atoms with E-state index in [1.54, 1.807) is 12.3 Å². The first kappa shape index (κ1) is 16.9. The Morgan fingerprint density at radius 3 is 2.60 bits per heavy atom. The van der Waals surface area contributed by atoms with Gasteiger partial charge in [0.25, 0.3) is 5.91 Å². The molecule has 4 rings (SSSR count). The molecule has 2 aromatic rings. The van der Waals surface area contributed by atoms with Crippen molar-refractivity contribution in [1.29, 1.82) is 0 Å². The van der Waals surface area contributed by atoms with Crippen LogP contribution in [0.3, 0.4) is 0 Å². The molecule has 0 N–H and O–H groups in total. The van der Waals surface area contributed by atoms with E-state index in [4.69, 9.17) is 11.6 Å². The van der Waals surface area contributed by atoms with Crippen molar-refractivity contribution in [2.24, 2.45) is 0 Å². The minimum Gasteiger partial charge on any atom is -0.347 e. The highest BCUT2D eigenvalue weighted by Crippen LogP contribution is 2.33. The Hall–Kier alpha value is -1.59. The molecule has 0 spiro atoms. The largest absolute Gasteiger partial charge is 0.347 e. The summed E-state index contributed by atoms with van der Waals surface area (Å²) in [6.45, 7) is 3.22. The van der Waals surface area contributed by atoms with Crippen molar-refractivity contribution < 1.29 is 4.79 Å². The van der Waals surface area contributed by atoms with Crippen molar-refractivity contribution in [2.75, 3.05) is 18.0 Å². The highest BCUT2D eigenvalue weighted by atomic mass is 79.9. The lowest BCUT2D eigenvalue weighted by atomic mass is 10.1. The Bertz CT molecular complexity index is 820. The molecule has 3 heterocycles. The quantitative estimate of drug-likeness (QED) is 0.710. The third-order valence-electron chi connectivity index (χ3n) is 4.90. The molecule has 6 heteroatoms. The number of aromatic nitrogens is 1. The van der Waals surface area contributed by atoms with E-state index >= 15 is 0 Å². The van der Waals surface area contributed by atoms with E-state index in [0.717, 1.165) is 49.3 Å². The molecule has 0 unspecified atom stereocenters. The molecule has 1 saturated heterocycles. The first-order valence-corrected chi connectivity index (χ1v) is 9.76. The van der Waals surface area contributed by atoms with Gasteiger partial charge in [-0.3, -0.25) is 4.79 Å². The third-order valence-corrected chi connectivity index (χ3v) is 5.67. The fourth-order valence-corrected chi connectivity index (χ4v) is 4.27. The van der Waals surface area contributed by atoms with E-state index in [9.17, 15) is 4.79 Å². The second kappa shape index (κ2) is 6.96. The summed E-state index contributed by atoms with van der Waals surface area (Å²) in [6.07, 6.45) is 5.02. The van der Waals surface area contributed by atoms with Crippen LogP contribution < -0.4 is 4.90 Å². The maximum absolute atomic E-state index is 12.6.